The van der Waals surface area contributed by atoms with Crippen LogP contribution in [0, 0.1) is 0 Å². The predicted octanol–water partition coefficient (Wildman–Crippen LogP) is 4.29. The van der Waals surface area contributed by atoms with Crippen molar-refractivity contribution in [3.63, 3.8) is 0 Å². The smallest absolute Gasteiger partial charge is 0.0921 e. The summed E-state index contributed by atoms with van der Waals surface area (Å²) in [6, 6.07) is 17.2. The van der Waals surface area contributed by atoms with Crippen LogP contribution in [0.1, 0.15) is 42.4 Å². The first-order valence-corrected chi connectivity index (χ1v) is 11.5. The zero-order chi connectivity index (χ0) is 20.4. The summed E-state index contributed by atoms with van der Waals surface area (Å²) in [7, 11) is 0. The van der Waals surface area contributed by atoms with Gasteiger partial charge in [-0.05, 0) is 74.0 Å². The van der Waals surface area contributed by atoms with Crippen LogP contribution >= 0.6 is 0 Å². The molecule has 3 heterocycles. The lowest BCUT2D eigenvalue weighted by atomic mass is 9.83. The molecule has 0 atom stereocenters. The molecule has 2 aromatic carbocycles. The molecule has 1 aromatic heterocycles. The first-order valence-electron chi connectivity index (χ1n) is 11.5. The van der Waals surface area contributed by atoms with Crippen molar-refractivity contribution in [2.75, 3.05) is 32.7 Å². The first-order chi connectivity index (χ1) is 14.7. The van der Waals surface area contributed by atoms with E-state index in [-0.39, 0.29) is 0 Å². The van der Waals surface area contributed by atoms with Crippen molar-refractivity contribution in [3.8, 4) is 0 Å². The normalized spacial score (nSPS) is 20.2. The van der Waals surface area contributed by atoms with E-state index in [1.54, 1.807) is 0 Å². The first kappa shape index (κ1) is 19.8. The average molecular weight is 404 g/mol. The number of nitrogens with zero attached hydrogens (tertiary/aromatic N) is 2. The molecule has 4 heteroatoms. The lowest BCUT2D eigenvalue weighted by Gasteiger charge is -2.38. The van der Waals surface area contributed by atoms with Gasteiger partial charge >= 0.3 is 0 Å². The molecule has 2 aliphatic rings. The Balaban J connectivity index is 1.27. The van der Waals surface area contributed by atoms with Crippen LogP contribution in [-0.4, -0.2) is 52.6 Å². The van der Waals surface area contributed by atoms with Gasteiger partial charge < -0.3 is 15.0 Å². The molecule has 0 unspecified atom stereocenters. The Bertz CT molecular complexity index is 966. The quantitative estimate of drug-likeness (QED) is 0.645. The maximum atomic E-state index is 11.5. The summed E-state index contributed by atoms with van der Waals surface area (Å²) in [5.41, 5.74) is 4.27. The molecular formula is C26H33N3O. The largest absolute Gasteiger partial charge is 0.385 e. The van der Waals surface area contributed by atoms with Gasteiger partial charge in [-0.2, -0.15) is 0 Å². The van der Waals surface area contributed by atoms with Gasteiger partial charge in [0.25, 0.3) is 0 Å². The molecule has 0 bridgehead atoms. The SMILES string of the molecule is OC1(c2ccc3[nH]cc(CCN4CCCC4)c3c2)CCN(Cc2ccccc2)CC1. The highest BCUT2D eigenvalue weighted by Crippen LogP contribution is 2.35. The fraction of sp³-hybridized carbons (Fsp3) is 0.462. The summed E-state index contributed by atoms with van der Waals surface area (Å²) >= 11 is 0. The van der Waals surface area contributed by atoms with Crippen molar-refractivity contribution in [3.05, 3.63) is 71.4 Å². The van der Waals surface area contributed by atoms with Crippen LogP contribution in [0.4, 0.5) is 0 Å². The maximum absolute atomic E-state index is 11.5. The molecule has 2 aliphatic heterocycles. The van der Waals surface area contributed by atoms with Gasteiger partial charge in [0, 0.05) is 43.3 Å². The van der Waals surface area contributed by atoms with E-state index in [1.807, 2.05) is 0 Å². The molecular weight excluding hydrogens is 370 g/mol. The summed E-state index contributed by atoms with van der Waals surface area (Å²) in [6.45, 7) is 6.45. The molecule has 0 amide bonds. The topological polar surface area (TPSA) is 42.5 Å². The van der Waals surface area contributed by atoms with Crippen molar-refractivity contribution in [2.24, 2.45) is 0 Å². The lowest BCUT2D eigenvalue weighted by molar-refractivity contribution is -0.0276. The van der Waals surface area contributed by atoms with E-state index in [0.717, 1.165) is 51.0 Å². The van der Waals surface area contributed by atoms with Crippen molar-refractivity contribution in [2.45, 2.75) is 44.2 Å². The lowest BCUT2D eigenvalue weighted by Crippen LogP contribution is -2.42. The summed E-state index contributed by atoms with van der Waals surface area (Å²) in [5.74, 6) is 0. The standard InChI is InChI=1S/C26H33N3O/c30-26(11-16-29(17-12-26)20-21-6-2-1-3-7-21)23-8-9-25-24(18-23)22(19-27-25)10-15-28-13-4-5-14-28/h1-3,6-9,18-19,27,30H,4-5,10-17,20H2. The number of benzene rings is 2. The molecule has 4 nitrogen and oxygen atoms in total. The number of nitrogens with one attached hydrogen (secondary N) is 1. The highest BCUT2D eigenvalue weighted by Gasteiger charge is 2.34. The van der Waals surface area contributed by atoms with Gasteiger partial charge in [0.1, 0.15) is 0 Å². The third-order valence-corrected chi connectivity index (χ3v) is 7.13. The van der Waals surface area contributed by atoms with Crippen LogP contribution in [-0.2, 0) is 18.6 Å². The fourth-order valence-corrected chi connectivity index (χ4v) is 5.17. The second-order valence-electron chi connectivity index (χ2n) is 9.17. The average Bonchev–Trinajstić information content (AvgIpc) is 3.44. The number of aliphatic hydroxyl groups is 1. The van der Waals surface area contributed by atoms with E-state index in [1.165, 1.54) is 48.0 Å². The van der Waals surface area contributed by atoms with Gasteiger partial charge in [0.15, 0.2) is 0 Å². The van der Waals surface area contributed by atoms with Crippen LogP contribution in [0.15, 0.2) is 54.7 Å². The van der Waals surface area contributed by atoms with Crippen molar-refractivity contribution >= 4 is 10.9 Å². The molecule has 0 spiro atoms. The van der Waals surface area contributed by atoms with Gasteiger partial charge in [0.2, 0.25) is 0 Å². The molecule has 3 aromatic rings. The van der Waals surface area contributed by atoms with Crippen LogP contribution in [0.25, 0.3) is 10.9 Å². The molecule has 0 aliphatic carbocycles. The highest BCUT2D eigenvalue weighted by molar-refractivity contribution is 5.84. The number of H-pyrrole nitrogens is 1. The van der Waals surface area contributed by atoms with Gasteiger partial charge in [-0.15, -0.1) is 0 Å². The Labute approximate surface area is 179 Å². The van der Waals surface area contributed by atoms with E-state index < -0.39 is 5.60 Å². The summed E-state index contributed by atoms with van der Waals surface area (Å²) in [6.07, 6.45) is 7.50. The van der Waals surface area contributed by atoms with Crippen LogP contribution < -0.4 is 0 Å². The zero-order valence-electron chi connectivity index (χ0n) is 17.8. The molecule has 0 radical (unpaired) electrons. The number of piperidine rings is 1. The molecule has 0 saturated carbocycles. The summed E-state index contributed by atoms with van der Waals surface area (Å²) < 4.78 is 0. The molecule has 5 rings (SSSR count). The monoisotopic (exact) mass is 403 g/mol. The molecule has 2 fully saturated rings. The third kappa shape index (κ3) is 4.18. The Morgan fingerprint density at radius 3 is 2.43 bits per heavy atom. The highest BCUT2D eigenvalue weighted by atomic mass is 16.3. The Hall–Kier alpha value is -2.14. The second kappa shape index (κ2) is 8.54. The van der Waals surface area contributed by atoms with Crippen LogP contribution in [0.2, 0.25) is 0 Å². The number of likely N-dealkylation sites (tertiary alicyclic amines) is 2. The number of rotatable bonds is 6. The van der Waals surface area contributed by atoms with E-state index in [4.69, 9.17) is 0 Å². The Kier molecular flexibility index (Phi) is 5.64. The minimum atomic E-state index is -0.717. The van der Waals surface area contributed by atoms with Crippen LogP contribution in [0.3, 0.4) is 0 Å². The van der Waals surface area contributed by atoms with E-state index in [9.17, 15) is 5.11 Å². The second-order valence-corrected chi connectivity index (χ2v) is 9.17. The number of aromatic amines is 1. The fourth-order valence-electron chi connectivity index (χ4n) is 5.17. The van der Waals surface area contributed by atoms with Gasteiger partial charge in [-0.25, -0.2) is 0 Å². The summed E-state index contributed by atoms with van der Waals surface area (Å²) in [5, 5.41) is 12.8. The van der Waals surface area contributed by atoms with Crippen LogP contribution in [0.5, 0.6) is 0 Å². The third-order valence-electron chi connectivity index (χ3n) is 7.13. The van der Waals surface area contributed by atoms with Crippen molar-refractivity contribution < 1.29 is 5.11 Å². The van der Waals surface area contributed by atoms with E-state index >= 15 is 0 Å². The van der Waals surface area contributed by atoms with Crippen molar-refractivity contribution in [1.82, 2.24) is 14.8 Å². The minimum absolute atomic E-state index is 0.717. The van der Waals surface area contributed by atoms with E-state index in [2.05, 4.69) is 69.5 Å². The van der Waals surface area contributed by atoms with Gasteiger partial charge in [-0.3, -0.25) is 4.90 Å². The molecule has 158 valence electrons. The Morgan fingerprint density at radius 1 is 0.900 bits per heavy atom. The number of aromatic nitrogens is 1. The maximum Gasteiger partial charge on any atom is 0.0921 e. The van der Waals surface area contributed by atoms with Crippen molar-refractivity contribution in [1.29, 1.82) is 0 Å². The van der Waals surface area contributed by atoms with Gasteiger partial charge in [0.05, 0.1) is 5.60 Å². The number of hydrogen-bond donors (Lipinski definition) is 2. The van der Waals surface area contributed by atoms with E-state index in [0.29, 0.717) is 0 Å². The zero-order valence-corrected chi connectivity index (χ0v) is 17.8. The minimum Gasteiger partial charge on any atom is -0.385 e. The molecule has 30 heavy (non-hydrogen) atoms. The van der Waals surface area contributed by atoms with Gasteiger partial charge in [-0.1, -0.05) is 36.4 Å². The summed E-state index contributed by atoms with van der Waals surface area (Å²) in [4.78, 5) is 8.46. The predicted molar refractivity (Wildman–Crippen MR) is 123 cm³/mol. The number of fused-ring (bicyclic) bond motifs is 1. The number of hydrogen-bond acceptors (Lipinski definition) is 3. The molecule has 2 N–H and O–H groups in total. The molecule has 2 saturated heterocycles. The Morgan fingerprint density at radius 2 is 1.67 bits per heavy atom.